The van der Waals surface area contributed by atoms with E-state index in [0.717, 1.165) is 0 Å². The fourth-order valence-electron chi connectivity index (χ4n) is 1.37. The summed E-state index contributed by atoms with van der Waals surface area (Å²) in [5.41, 5.74) is -0.299. The van der Waals surface area contributed by atoms with Crippen molar-refractivity contribution in [3.63, 3.8) is 0 Å². The van der Waals surface area contributed by atoms with Crippen LogP contribution in [0.25, 0.3) is 0 Å². The highest BCUT2D eigenvalue weighted by molar-refractivity contribution is 7.60. The van der Waals surface area contributed by atoms with E-state index in [1.807, 2.05) is 0 Å². The highest BCUT2D eigenvalue weighted by atomic mass is 31.2. The Hall–Kier alpha value is -0.910. The molecular weight excluding hydrogens is 271 g/mol. The van der Waals surface area contributed by atoms with Gasteiger partial charge in [-0.05, 0) is 13.8 Å². The van der Waals surface area contributed by atoms with E-state index in [-0.39, 0.29) is 5.66 Å². The van der Waals surface area contributed by atoms with Crippen molar-refractivity contribution < 1.29 is 23.6 Å². The summed E-state index contributed by atoms with van der Waals surface area (Å²) in [7, 11) is -0.629. The van der Waals surface area contributed by atoms with Gasteiger partial charge in [0.25, 0.3) is 0 Å². The van der Waals surface area contributed by atoms with Crippen molar-refractivity contribution in [1.29, 1.82) is 0 Å². The summed E-state index contributed by atoms with van der Waals surface area (Å²) in [5, 5.41) is 5.43. The minimum atomic E-state index is -3.14. The quantitative estimate of drug-likeness (QED) is 0.532. The molecule has 0 aromatic rings. The van der Waals surface area contributed by atoms with Crippen LogP contribution in [-0.2, 0) is 23.6 Å². The van der Waals surface area contributed by atoms with Crippen LogP contribution in [0.2, 0.25) is 0 Å². The molecule has 19 heavy (non-hydrogen) atoms. The van der Waals surface area contributed by atoms with Gasteiger partial charge in [-0.25, -0.2) is 10.2 Å². The maximum Gasteiger partial charge on any atom is 0.322 e. The number of methoxy groups -OCH3 is 2. The second-order valence-corrected chi connectivity index (χ2v) is 7.36. The molecule has 0 aromatic carbocycles. The molecule has 112 valence electrons. The van der Waals surface area contributed by atoms with Crippen LogP contribution in [-0.4, -0.2) is 43.9 Å². The summed E-state index contributed by atoms with van der Waals surface area (Å²) >= 11 is 0. The predicted octanol–water partition coefficient (Wildman–Crippen LogP) is 0.890. The number of carbonyl (C=O) groups is 2. The Bertz CT molecular complexity index is 344. The van der Waals surface area contributed by atoms with Gasteiger partial charge in [0.1, 0.15) is 12.1 Å². The smallest absolute Gasteiger partial charge is 0.322 e. The minimum Gasteiger partial charge on any atom is -0.468 e. The molecule has 0 bridgehead atoms. The molecule has 2 N–H and O–H groups in total. The van der Waals surface area contributed by atoms with Gasteiger partial charge in [-0.1, -0.05) is 13.8 Å². The third-order valence-corrected chi connectivity index (χ3v) is 5.60. The molecule has 7 nitrogen and oxygen atoms in total. The lowest BCUT2D eigenvalue weighted by Gasteiger charge is -2.28. The molecule has 0 saturated heterocycles. The van der Waals surface area contributed by atoms with Gasteiger partial charge < -0.3 is 9.47 Å². The molecule has 0 aliphatic heterocycles. The second kappa shape index (κ2) is 7.62. The minimum absolute atomic E-state index is 0.299. The summed E-state index contributed by atoms with van der Waals surface area (Å²) in [6.07, 6.45) is 0. The fraction of sp³-hybridized carbons (Fsp3) is 0.818. The van der Waals surface area contributed by atoms with Crippen molar-refractivity contribution in [1.82, 2.24) is 10.2 Å². The van der Waals surface area contributed by atoms with E-state index < -0.39 is 31.5 Å². The van der Waals surface area contributed by atoms with Crippen LogP contribution in [0.15, 0.2) is 0 Å². The van der Waals surface area contributed by atoms with Crippen molar-refractivity contribution in [3.8, 4) is 0 Å². The number of rotatable bonds is 7. The first-order valence-electron chi connectivity index (χ1n) is 5.99. The Morgan fingerprint density at radius 3 is 1.42 bits per heavy atom. The lowest BCUT2D eigenvalue weighted by atomic mass is 10.4. The second-order valence-electron chi connectivity index (χ2n) is 4.50. The highest BCUT2D eigenvalue weighted by Gasteiger charge is 2.33. The van der Waals surface area contributed by atoms with E-state index >= 15 is 0 Å². The van der Waals surface area contributed by atoms with E-state index in [0.29, 0.717) is 0 Å². The van der Waals surface area contributed by atoms with Crippen LogP contribution in [0.4, 0.5) is 0 Å². The zero-order chi connectivity index (χ0) is 15.2. The molecule has 0 heterocycles. The van der Waals surface area contributed by atoms with Crippen LogP contribution in [0.5, 0.6) is 0 Å². The van der Waals surface area contributed by atoms with E-state index in [1.165, 1.54) is 14.2 Å². The molecule has 0 fully saturated rings. The zero-order valence-corrected chi connectivity index (χ0v) is 13.1. The van der Waals surface area contributed by atoms with E-state index in [4.69, 9.17) is 0 Å². The van der Waals surface area contributed by atoms with E-state index in [9.17, 15) is 14.2 Å². The van der Waals surface area contributed by atoms with Gasteiger partial charge in [-0.15, -0.1) is 0 Å². The van der Waals surface area contributed by atoms with Gasteiger partial charge in [-0.3, -0.25) is 14.2 Å². The summed E-state index contributed by atoms with van der Waals surface area (Å²) in [5.74, 6) is -1.04. The lowest BCUT2D eigenvalue weighted by molar-refractivity contribution is -0.142. The standard InChI is InChI=1S/C11H23N2O5P/c1-7(2)19(16,12-8(3)10(14)17-5)13-9(4)11(15)18-6/h7-9H,1-6H3,(H2,12,13,16)/t8-,9-/m0/s1. The highest BCUT2D eigenvalue weighted by Crippen LogP contribution is 2.43. The van der Waals surface area contributed by atoms with E-state index in [2.05, 4.69) is 19.6 Å². The summed E-state index contributed by atoms with van der Waals surface area (Å²) in [4.78, 5) is 22.7. The number of carbonyl (C=O) groups excluding carboxylic acids is 2. The SMILES string of the molecule is COC(=O)[C@H](C)NP(=O)(N[C@@H](C)C(=O)OC)C(C)C. The first-order valence-corrected chi connectivity index (χ1v) is 7.76. The number of nitrogens with one attached hydrogen (secondary N) is 2. The molecule has 0 spiro atoms. The number of hydrogen-bond donors (Lipinski definition) is 2. The molecule has 0 radical (unpaired) electrons. The fourth-order valence-corrected chi connectivity index (χ4v) is 3.40. The molecule has 0 aliphatic carbocycles. The zero-order valence-electron chi connectivity index (χ0n) is 12.2. The Morgan fingerprint density at radius 1 is 0.895 bits per heavy atom. The maximum absolute atomic E-state index is 12.7. The topological polar surface area (TPSA) is 93.7 Å². The maximum atomic E-state index is 12.7. The molecule has 0 saturated carbocycles. The first kappa shape index (κ1) is 18.1. The van der Waals surface area contributed by atoms with Crippen LogP contribution >= 0.6 is 7.44 Å². The Labute approximate surface area is 113 Å². The largest absolute Gasteiger partial charge is 0.468 e. The van der Waals surface area contributed by atoms with Crippen molar-refractivity contribution in [2.75, 3.05) is 14.2 Å². The van der Waals surface area contributed by atoms with Crippen LogP contribution < -0.4 is 10.2 Å². The molecule has 0 rings (SSSR count). The van der Waals surface area contributed by atoms with Gasteiger partial charge in [0, 0.05) is 5.66 Å². The van der Waals surface area contributed by atoms with Crippen LogP contribution in [0.3, 0.4) is 0 Å². The molecular formula is C11H23N2O5P. The number of ether oxygens (including phenoxy) is 2. The third kappa shape index (κ3) is 5.30. The summed E-state index contributed by atoms with van der Waals surface area (Å²) in [6, 6.07) is -1.48. The molecule has 2 atom stereocenters. The summed E-state index contributed by atoms with van der Waals surface area (Å²) in [6.45, 7) is 6.56. The Morgan fingerprint density at radius 2 is 1.21 bits per heavy atom. The third-order valence-electron chi connectivity index (χ3n) is 2.61. The molecule has 0 aliphatic rings. The van der Waals surface area contributed by atoms with Crippen LogP contribution in [0.1, 0.15) is 27.7 Å². The van der Waals surface area contributed by atoms with Gasteiger partial charge in [0.05, 0.1) is 14.2 Å². The average Bonchev–Trinajstić information content (AvgIpc) is 2.35. The van der Waals surface area contributed by atoms with Crippen molar-refractivity contribution in [2.45, 2.75) is 45.4 Å². The lowest BCUT2D eigenvalue weighted by Crippen LogP contribution is -2.43. The van der Waals surface area contributed by atoms with Gasteiger partial charge in [-0.2, -0.15) is 0 Å². The Balaban J connectivity index is 4.92. The normalized spacial score (nSPS) is 14.9. The average molecular weight is 294 g/mol. The Kier molecular flexibility index (Phi) is 7.26. The van der Waals surface area contributed by atoms with Gasteiger partial charge in [0.2, 0.25) is 7.44 Å². The molecule has 8 heteroatoms. The van der Waals surface area contributed by atoms with Gasteiger partial charge >= 0.3 is 11.9 Å². The number of esters is 2. The first-order chi connectivity index (χ1) is 8.67. The van der Waals surface area contributed by atoms with Crippen molar-refractivity contribution in [3.05, 3.63) is 0 Å². The molecule has 0 unspecified atom stereocenters. The van der Waals surface area contributed by atoms with Crippen LogP contribution in [0, 0.1) is 0 Å². The predicted molar refractivity (Wildman–Crippen MR) is 72.0 cm³/mol. The molecule has 0 aromatic heterocycles. The monoisotopic (exact) mass is 294 g/mol. The number of hydrogen-bond acceptors (Lipinski definition) is 5. The summed E-state index contributed by atoms with van der Waals surface area (Å²) < 4.78 is 21.9. The van der Waals surface area contributed by atoms with Crippen molar-refractivity contribution >= 4 is 19.4 Å². The van der Waals surface area contributed by atoms with E-state index in [1.54, 1.807) is 27.7 Å². The van der Waals surface area contributed by atoms with Crippen molar-refractivity contribution in [2.24, 2.45) is 0 Å². The molecule has 0 amide bonds. The van der Waals surface area contributed by atoms with Gasteiger partial charge in [0.15, 0.2) is 0 Å².